The van der Waals surface area contributed by atoms with E-state index in [1.165, 1.54) is 0 Å². The Hall–Kier alpha value is -1.98. The zero-order valence-electron chi connectivity index (χ0n) is 18.6. The Morgan fingerprint density at radius 1 is 1.06 bits per heavy atom. The van der Waals surface area contributed by atoms with Crippen LogP contribution < -0.4 is 5.11 Å². The van der Waals surface area contributed by atoms with Crippen molar-refractivity contribution >= 4 is 23.5 Å². The van der Waals surface area contributed by atoms with Crippen molar-refractivity contribution in [3.8, 4) is 0 Å². The van der Waals surface area contributed by atoms with E-state index in [1.54, 1.807) is 13.0 Å². The number of fused-ring (bicyclic) bond motifs is 5. The lowest BCUT2D eigenvalue weighted by Gasteiger charge is -2.58. The smallest absolute Gasteiger partial charge is 0.306 e. The van der Waals surface area contributed by atoms with Crippen LogP contribution in [0.3, 0.4) is 0 Å². The van der Waals surface area contributed by atoms with Crippen LogP contribution in [0.5, 0.6) is 0 Å². The van der Waals surface area contributed by atoms with Gasteiger partial charge in [-0.2, -0.15) is 0 Å². The van der Waals surface area contributed by atoms with Crippen LogP contribution in [-0.2, 0) is 23.9 Å². The SMILES string of the molecule is CC(=O)[C@H]1CC[C@@H]2[C@H]3CCC4=CC(=O)CC[C@]4(COC(=O)CCC(=O)[O-])[C@@H]3CC[C@]12C. The van der Waals surface area contributed by atoms with Crippen molar-refractivity contribution < 1.29 is 29.0 Å². The van der Waals surface area contributed by atoms with Gasteiger partial charge < -0.3 is 14.6 Å². The second-order valence-corrected chi connectivity index (χ2v) is 10.5. The molecule has 0 amide bonds. The maximum Gasteiger partial charge on any atom is 0.306 e. The van der Waals surface area contributed by atoms with Gasteiger partial charge in [0.15, 0.2) is 5.78 Å². The van der Waals surface area contributed by atoms with Gasteiger partial charge in [0, 0.05) is 23.7 Å². The van der Waals surface area contributed by atoms with E-state index in [0.717, 1.165) is 44.1 Å². The molecule has 4 aliphatic carbocycles. The standard InChI is InChI=1S/C25H34O6/c1-15(26)19-5-6-20-18-4-3-16-13-17(27)9-12-25(16,21(18)10-11-24(19,20)2)14-31-23(30)8-7-22(28)29/h13,18-21H,3-12,14H2,1-2H3,(H,28,29)/p-1/t18-,19-,20-,21-,24-,25-/m1/s1. The number of ether oxygens (including phenoxy) is 1. The molecule has 0 N–H and O–H groups in total. The highest BCUT2D eigenvalue weighted by molar-refractivity contribution is 5.91. The van der Waals surface area contributed by atoms with E-state index < -0.39 is 11.9 Å². The average molecular weight is 430 g/mol. The molecule has 0 aliphatic heterocycles. The quantitative estimate of drug-likeness (QED) is 0.602. The van der Waals surface area contributed by atoms with Crippen molar-refractivity contribution in [3.05, 3.63) is 11.6 Å². The monoisotopic (exact) mass is 429 g/mol. The van der Waals surface area contributed by atoms with E-state index >= 15 is 0 Å². The molecule has 0 bridgehead atoms. The van der Waals surface area contributed by atoms with Crippen molar-refractivity contribution in [2.24, 2.45) is 34.5 Å². The summed E-state index contributed by atoms with van der Waals surface area (Å²) >= 11 is 0. The Balaban J connectivity index is 1.59. The summed E-state index contributed by atoms with van der Waals surface area (Å²) in [4.78, 5) is 47.4. The van der Waals surface area contributed by atoms with Gasteiger partial charge in [0.05, 0.1) is 6.42 Å². The highest BCUT2D eigenvalue weighted by atomic mass is 16.5. The topological polar surface area (TPSA) is 101 Å². The van der Waals surface area contributed by atoms with Crippen LogP contribution >= 0.6 is 0 Å². The summed E-state index contributed by atoms with van der Waals surface area (Å²) in [7, 11) is 0. The molecule has 6 nitrogen and oxygen atoms in total. The Morgan fingerprint density at radius 3 is 2.55 bits per heavy atom. The highest BCUT2D eigenvalue weighted by Crippen LogP contribution is 2.66. The van der Waals surface area contributed by atoms with Crippen molar-refractivity contribution in [2.45, 2.75) is 78.1 Å². The van der Waals surface area contributed by atoms with Crippen LogP contribution in [0.2, 0.25) is 0 Å². The van der Waals surface area contributed by atoms with E-state index in [4.69, 9.17) is 4.74 Å². The maximum absolute atomic E-state index is 12.3. The molecule has 4 rings (SSSR count). The van der Waals surface area contributed by atoms with Crippen LogP contribution in [0.4, 0.5) is 0 Å². The fourth-order valence-electron chi connectivity index (χ4n) is 7.79. The molecule has 3 saturated carbocycles. The molecule has 4 aliphatic rings. The van der Waals surface area contributed by atoms with Gasteiger partial charge in [0.1, 0.15) is 12.4 Å². The molecule has 6 heteroatoms. The largest absolute Gasteiger partial charge is 0.550 e. The molecule has 0 unspecified atom stereocenters. The van der Waals surface area contributed by atoms with Crippen molar-refractivity contribution in [1.29, 1.82) is 0 Å². The minimum atomic E-state index is -1.26. The highest BCUT2D eigenvalue weighted by Gasteiger charge is 2.61. The van der Waals surface area contributed by atoms with Gasteiger partial charge in [-0.15, -0.1) is 0 Å². The Labute approximate surface area is 183 Å². The first kappa shape index (κ1) is 22.2. The summed E-state index contributed by atoms with van der Waals surface area (Å²) in [6.07, 6.45) is 8.26. The predicted molar refractivity (Wildman–Crippen MR) is 110 cm³/mol. The average Bonchev–Trinajstić information content (AvgIpc) is 3.08. The summed E-state index contributed by atoms with van der Waals surface area (Å²) in [6.45, 7) is 4.25. The normalized spacial score (nSPS) is 39.0. The minimum Gasteiger partial charge on any atom is -0.550 e. The number of carbonyl (C=O) groups is 4. The number of hydrogen-bond donors (Lipinski definition) is 0. The minimum absolute atomic E-state index is 0.0467. The zero-order valence-corrected chi connectivity index (χ0v) is 18.6. The van der Waals surface area contributed by atoms with Crippen molar-refractivity contribution in [3.63, 3.8) is 0 Å². The number of ketones is 2. The summed E-state index contributed by atoms with van der Waals surface area (Å²) in [5.41, 5.74) is 0.830. The predicted octanol–water partition coefficient (Wildman–Crippen LogP) is 2.78. The van der Waals surface area contributed by atoms with Crippen LogP contribution in [0.15, 0.2) is 11.6 Å². The summed E-state index contributed by atoms with van der Waals surface area (Å²) in [5, 5.41) is 10.7. The number of rotatable bonds is 6. The molecule has 0 saturated heterocycles. The molecule has 170 valence electrons. The summed E-state index contributed by atoms with van der Waals surface area (Å²) in [6, 6.07) is 0. The van der Waals surface area contributed by atoms with Crippen LogP contribution in [0, 0.1) is 34.5 Å². The zero-order chi connectivity index (χ0) is 22.4. The first-order valence-electron chi connectivity index (χ1n) is 11.8. The molecule has 3 fully saturated rings. The summed E-state index contributed by atoms with van der Waals surface area (Å²) < 4.78 is 5.64. The van der Waals surface area contributed by atoms with Gasteiger partial charge in [0.25, 0.3) is 0 Å². The van der Waals surface area contributed by atoms with E-state index in [9.17, 15) is 24.3 Å². The van der Waals surface area contributed by atoms with E-state index in [2.05, 4.69) is 6.92 Å². The number of carboxylic acid groups (broad SMARTS) is 1. The molecule has 6 atom stereocenters. The molecule has 31 heavy (non-hydrogen) atoms. The number of aliphatic carboxylic acids is 1. The third-order valence-corrected chi connectivity index (χ3v) is 9.20. The van der Waals surface area contributed by atoms with Crippen LogP contribution in [0.25, 0.3) is 0 Å². The van der Waals surface area contributed by atoms with Gasteiger partial charge in [0.2, 0.25) is 0 Å². The Kier molecular flexibility index (Phi) is 5.86. The fourth-order valence-corrected chi connectivity index (χ4v) is 7.79. The lowest BCUT2D eigenvalue weighted by molar-refractivity contribution is -0.305. The second-order valence-electron chi connectivity index (χ2n) is 10.5. The van der Waals surface area contributed by atoms with Crippen molar-refractivity contribution in [2.75, 3.05) is 6.61 Å². The van der Waals surface area contributed by atoms with Crippen LogP contribution in [-0.4, -0.2) is 30.1 Å². The Bertz CT molecular complexity index is 828. The lowest BCUT2D eigenvalue weighted by Crippen LogP contribution is -2.53. The first-order valence-corrected chi connectivity index (χ1v) is 11.8. The number of carbonyl (C=O) groups excluding carboxylic acids is 4. The van der Waals surface area contributed by atoms with Gasteiger partial charge in [-0.1, -0.05) is 12.5 Å². The molecule has 0 spiro atoms. The Morgan fingerprint density at radius 2 is 1.84 bits per heavy atom. The van der Waals surface area contributed by atoms with E-state index in [-0.39, 0.29) is 42.0 Å². The lowest BCUT2D eigenvalue weighted by atomic mass is 9.46. The second kappa shape index (κ2) is 8.18. The third-order valence-electron chi connectivity index (χ3n) is 9.20. The maximum atomic E-state index is 12.3. The van der Waals surface area contributed by atoms with Gasteiger partial charge in [-0.25, -0.2) is 0 Å². The molecular formula is C25H33O6-. The van der Waals surface area contributed by atoms with Crippen molar-refractivity contribution in [1.82, 2.24) is 0 Å². The van der Waals surface area contributed by atoms with E-state index in [0.29, 0.717) is 36.4 Å². The number of esters is 1. The number of Topliss-reactive ketones (excluding diaryl/α,β-unsaturated/α-hetero) is 1. The third kappa shape index (κ3) is 3.76. The van der Waals surface area contributed by atoms with Crippen LogP contribution in [0.1, 0.15) is 78.1 Å². The fraction of sp³-hybridized carbons (Fsp3) is 0.760. The first-order chi connectivity index (χ1) is 14.7. The number of hydrogen-bond acceptors (Lipinski definition) is 6. The molecule has 0 aromatic rings. The summed E-state index contributed by atoms with van der Waals surface area (Å²) in [5.74, 6) is 0.102. The molecule has 0 heterocycles. The van der Waals surface area contributed by atoms with Gasteiger partial charge in [-0.3, -0.25) is 14.4 Å². The number of carboxylic acids is 1. The molecule has 0 aromatic carbocycles. The molecular weight excluding hydrogens is 396 g/mol. The van der Waals surface area contributed by atoms with Gasteiger partial charge in [-0.05, 0) is 87.5 Å². The molecule has 0 radical (unpaired) electrons. The van der Waals surface area contributed by atoms with Gasteiger partial charge >= 0.3 is 5.97 Å². The van der Waals surface area contributed by atoms with E-state index in [1.807, 2.05) is 0 Å². The molecule has 0 aromatic heterocycles.